The van der Waals surface area contributed by atoms with Gasteiger partial charge in [-0.15, -0.1) is 0 Å². The summed E-state index contributed by atoms with van der Waals surface area (Å²) in [6.07, 6.45) is 0. The van der Waals surface area contributed by atoms with Gasteiger partial charge in [-0.3, -0.25) is 14.5 Å². The molecule has 5 nitrogen and oxygen atoms in total. The van der Waals surface area contributed by atoms with E-state index >= 15 is 0 Å². The highest BCUT2D eigenvalue weighted by Crippen LogP contribution is 2.41. The number of carbonyl (C=O) groups is 2. The summed E-state index contributed by atoms with van der Waals surface area (Å²) in [5, 5.41) is 2.82. The second-order valence-electron chi connectivity index (χ2n) is 5.80. The molecule has 1 aromatic carbocycles. The molecule has 1 amide bonds. The Labute approximate surface area is 124 Å². The van der Waals surface area contributed by atoms with E-state index in [4.69, 9.17) is 4.74 Å². The molecule has 0 radical (unpaired) electrons. The van der Waals surface area contributed by atoms with Crippen molar-refractivity contribution in [1.29, 1.82) is 0 Å². The second-order valence-corrected chi connectivity index (χ2v) is 5.80. The first-order chi connectivity index (χ1) is 10.2. The summed E-state index contributed by atoms with van der Waals surface area (Å²) >= 11 is 0. The van der Waals surface area contributed by atoms with Gasteiger partial charge in [0.05, 0.1) is 12.5 Å². The van der Waals surface area contributed by atoms with Crippen molar-refractivity contribution in [3.8, 4) is 0 Å². The number of carbonyl (C=O) groups excluding carboxylic acids is 2. The number of hydrogen-bond acceptors (Lipinski definition) is 4. The Kier molecular flexibility index (Phi) is 3.68. The van der Waals surface area contributed by atoms with E-state index in [1.54, 1.807) is 6.92 Å². The van der Waals surface area contributed by atoms with Gasteiger partial charge in [-0.2, -0.15) is 0 Å². The highest BCUT2D eigenvalue weighted by atomic mass is 16.5. The molecule has 1 N–H and O–H groups in total. The topological polar surface area (TPSA) is 58.6 Å². The molecule has 2 fully saturated rings. The predicted octanol–water partition coefficient (Wildman–Crippen LogP) is 0.798. The maximum atomic E-state index is 12.4. The maximum absolute atomic E-state index is 12.4. The zero-order valence-electron chi connectivity index (χ0n) is 12.2. The molecule has 2 atom stereocenters. The molecular formula is C16H20N2O3. The van der Waals surface area contributed by atoms with Crippen LogP contribution in [0, 0.1) is 11.3 Å². The van der Waals surface area contributed by atoms with E-state index in [2.05, 4.69) is 22.3 Å². The Morgan fingerprint density at radius 2 is 2.19 bits per heavy atom. The molecular weight excluding hydrogens is 268 g/mol. The average Bonchev–Trinajstić information content (AvgIpc) is 2.99. The molecule has 0 bridgehead atoms. The number of rotatable bonds is 4. The second kappa shape index (κ2) is 5.48. The van der Waals surface area contributed by atoms with Crippen LogP contribution in [0.4, 0.5) is 0 Å². The van der Waals surface area contributed by atoms with E-state index in [0.717, 1.165) is 6.54 Å². The smallest absolute Gasteiger partial charge is 0.316 e. The van der Waals surface area contributed by atoms with Gasteiger partial charge < -0.3 is 10.1 Å². The summed E-state index contributed by atoms with van der Waals surface area (Å²) in [4.78, 5) is 26.5. The van der Waals surface area contributed by atoms with Gasteiger partial charge in [0.1, 0.15) is 5.41 Å². The molecule has 2 aliphatic rings. The van der Waals surface area contributed by atoms with E-state index in [9.17, 15) is 9.59 Å². The van der Waals surface area contributed by atoms with Gasteiger partial charge in [-0.1, -0.05) is 30.3 Å². The van der Waals surface area contributed by atoms with Crippen LogP contribution < -0.4 is 5.32 Å². The predicted molar refractivity (Wildman–Crippen MR) is 77.3 cm³/mol. The van der Waals surface area contributed by atoms with Crippen molar-refractivity contribution in [3.63, 3.8) is 0 Å². The molecule has 2 heterocycles. The van der Waals surface area contributed by atoms with E-state index in [-0.39, 0.29) is 17.8 Å². The van der Waals surface area contributed by atoms with Crippen LogP contribution in [0.1, 0.15) is 12.5 Å². The van der Waals surface area contributed by atoms with Crippen molar-refractivity contribution in [2.75, 3.05) is 26.2 Å². The van der Waals surface area contributed by atoms with Gasteiger partial charge in [0.25, 0.3) is 0 Å². The fourth-order valence-corrected chi connectivity index (χ4v) is 3.40. The molecule has 0 spiro atoms. The zero-order valence-corrected chi connectivity index (χ0v) is 12.2. The third-order valence-corrected chi connectivity index (χ3v) is 4.44. The normalized spacial score (nSPS) is 28.2. The molecule has 2 saturated heterocycles. The fourth-order valence-electron chi connectivity index (χ4n) is 3.40. The van der Waals surface area contributed by atoms with E-state index in [1.807, 2.05) is 18.2 Å². The van der Waals surface area contributed by atoms with Crippen LogP contribution in [-0.4, -0.2) is 43.0 Å². The molecule has 112 valence electrons. The van der Waals surface area contributed by atoms with Crippen LogP contribution in [-0.2, 0) is 20.9 Å². The number of nitrogens with one attached hydrogen (secondary N) is 1. The number of fused-ring (bicyclic) bond motifs is 1. The molecule has 2 aliphatic heterocycles. The average molecular weight is 288 g/mol. The Balaban J connectivity index is 1.77. The van der Waals surface area contributed by atoms with Crippen LogP contribution in [0.2, 0.25) is 0 Å². The van der Waals surface area contributed by atoms with E-state index < -0.39 is 5.41 Å². The quantitative estimate of drug-likeness (QED) is 0.833. The van der Waals surface area contributed by atoms with Crippen LogP contribution >= 0.6 is 0 Å². The van der Waals surface area contributed by atoms with Crippen LogP contribution in [0.5, 0.6) is 0 Å². The number of nitrogens with zero attached hydrogens (tertiary/aromatic N) is 1. The molecule has 0 aromatic heterocycles. The van der Waals surface area contributed by atoms with Crippen molar-refractivity contribution in [2.45, 2.75) is 13.5 Å². The number of hydrogen-bond donors (Lipinski definition) is 1. The Morgan fingerprint density at radius 1 is 1.43 bits per heavy atom. The van der Waals surface area contributed by atoms with E-state index in [0.29, 0.717) is 26.2 Å². The summed E-state index contributed by atoms with van der Waals surface area (Å²) in [5.41, 5.74) is 0.485. The number of amides is 1. The third-order valence-electron chi connectivity index (χ3n) is 4.44. The summed E-state index contributed by atoms with van der Waals surface area (Å²) in [6, 6.07) is 10.1. The van der Waals surface area contributed by atoms with Gasteiger partial charge >= 0.3 is 5.97 Å². The van der Waals surface area contributed by atoms with Crippen LogP contribution in [0.25, 0.3) is 0 Å². The highest BCUT2D eigenvalue weighted by molar-refractivity contribution is 5.93. The highest BCUT2D eigenvalue weighted by Gasteiger charge is 2.59. The Hall–Kier alpha value is -1.88. The SMILES string of the molecule is CCOC(=O)C12CNC(=O)C1CN(Cc1ccccc1)C2. The fraction of sp³-hybridized carbons (Fsp3) is 0.500. The van der Waals surface area contributed by atoms with Crippen molar-refractivity contribution in [3.05, 3.63) is 35.9 Å². The standard InChI is InChI=1S/C16H20N2O3/c1-2-21-15(20)16-10-17-14(19)13(16)9-18(11-16)8-12-6-4-3-5-7-12/h3-7,13H,2,8-11H2,1H3,(H,17,19). The van der Waals surface area contributed by atoms with Gasteiger partial charge in [-0.05, 0) is 12.5 Å². The van der Waals surface area contributed by atoms with Gasteiger partial charge in [-0.25, -0.2) is 0 Å². The molecule has 0 aliphatic carbocycles. The zero-order chi connectivity index (χ0) is 14.9. The summed E-state index contributed by atoms with van der Waals surface area (Å²) in [6.45, 7) is 4.47. The number of esters is 1. The lowest BCUT2D eigenvalue weighted by Crippen LogP contribution is -2.41. The molecule has 3 rings (SSSR count). The minimum Gasteiger partial charge on any atom is -0.465 e. The van der Waals surface area contributed by atoms with Crippen molar-refractivity contribution in [2.24, 2.45) is 11.3 Å². The monoisotopic (exact) mass is 288 g/mol. The number of benzene rings is 1. The Morgan fingerprint density at radius 3 is 2.90 bits per heavy atom. The van der Waals surface area contributed by atoms with Crippen LogP contribution in [0.3, 0.4) is 0 Å². The van der Waals surface area contributed by atoms with Gasteiger partial charge in [0.15, 0.2) is 0 Å². The first-order valence-corrected chi connectivity index (χ1v) is 7.37. The summed E-state index contributed by atoms with van der Waals surface area (Å²) < 4.78 is 5.22. The number of likely N-dealkylation sites (tertiary alicyclic amines) is 1. The van der Waals surface area contributed by atoms with Crippen molar-refractivity contribution >= 4 is 11.9 Å². The maximum Gasteiger partial charge on any atom is 0.316 e. The van der Waals surface area contributed by atoms with Gasteiger partial charge in [0.2, 0.25) is 5.91 Å². The van der Waals surface area contributed by atoms with Crippen molar-refractivity contribution < 1.29 is 14.3 Å². The van der Waals surface area contributed by atoms with E-state index in [1.165, 1.54) is 5.56 Å². The first kappa shape index (κ1) is 14.1. The lowest BCUT2D eigenvalue weighted by atomic mass is 9.81. The lowest BCUT2D eigenvalue weighted by molar-refractivity contribution is -0.156. The molecule has 1 aromatic rings. The third kappa shape index (κ3) is 2.42. The minimum atomic E-state index is -0.706. The largest absolute Gasteiger partial charge is 0.465 e. The summed E-state index contributed by atoms with van der Waals surface area (Å²) in [7, 11) is 0. The van der Waals surface area contributed by atoms with Crippen molar-refractivity contribution in [1.82, 2.24) is 10.2 Å². The molecule has 21 heavy (non-hydrogen) atoms. The first-order valence-electron chi connectivity index (χ1n) is 7.37. The Bertz CT molecular complexity index is 546. The number of ether oxygens (including phenoxy) is 1. The summed E-state index contributed by atoms with van der Waals surface area (Å²) in [5.74, 6) is -0.567. The minimum absolute atomic E-state index is 0.0291. The van der Waals surface area contributed by atoms with Crippen LogP contribution in [0.15, 0.2) is 30.3 Å². The molecule has 0 saturated carbocycles. The lowest BCUT2D eigenvalue weighted by Gasteiger charge is -2.24. The molecule has 2 unspecified atom stereocenters. The molecule has 5 heteroatoms. The van der Waals surface area contributed by atoms with Gasteiger partial charge in [0, 0.05) is 26.2 Å².